The highest BCUT2D eigenvalue weighted by Gasteiger charge is 2.04. The second-order valence-corrected chi connectivity index (χ2v) is 3.05. The summed E-state index contributed by atoms with van der Waals surface area (Å²) in [6, 6.07) is 7.73. The first-order valence-electron chi connectivity index (χ1n) is 4.06. The van der Waals surface area contributed by atoms with Crippen molar-refractivity contribution in [3.8, 4) is 6.07 Å². The molecule has 0 saturated carbocycles. The molecule has 2 aromatic rings. The van der Waals surface area contributed by atoms with E-state index in [4.69, 9.17) is 5.26 Å². The Morgan fingerprint density at radius 2 is 2.23 bits per heavy atom. The van der Waals surface area contributed by atoms with Crippen LogP contribution in [0.1, 0.15) is 11.3 Å². The molecule has 1 aromatic carbocycles. The van der Waals surface area contributed by atoms with E-state index >= 15 is 0 Å². The van der Waals surface area contributed by atoms with Crippen LogP contribution in [0.25, 0.3) is 10.9 Å². The molecular weight excluding hydrogens is 162 g/mol. The monoisotopic (exact) mass is 171 g/mol. The van der Waals surface area contributed by atoms with Crippen molar-refractivity contribution in [2.75, 3.05) is 0 Å². The number of hydrogen-bond acceptors (Lipinski definition) is 2. The second kappa shape index (κ2) is 2.60. The minimum absolute atomic E-state index is 0.676. The normalized spacial score (nSPS) is 10.2. The maximum absolute atomic E-state index is 8.72. The topological polar surface area (TPSA) is 41.6 Å². The van der Waals surface area contributed by atoms with E-state index in [2.05, 4.69) is 11.2 Å². The zero-order valence-electron chi connectivity index (χ0n) is 7.57. The van der Waals surface area contributed by atoms with E-state index in [1.807, 2.05) is 32.2 Å². The predicted molar refractivity (Wildman–Crippen MR) is 50.2 cm³/mol. The van der Waals surface area contributed by atoms with Gasteiger partial charge in [-0.05, 0) is 25.1 Å². The molecule has 0 aliphatic heterocycles. The highest BCUT2D eigenvalue weighted by molar-refractivity contribution is 5.82. The predicted octanol–water partition coefficient (Wildman–Crippen LogP) is 1.75. The number of nitrogens with zero attached hydrogens (tertiary/aromatic N) is 3. The van der Waals surface area contributed by atoms with Crippen molar-refractivity contribution >= 4 is 10.9 Å². The van der Waals surface area contributed by atoms with Gasteiger partial charge in [0, 0.05) is 12.4 Å². The molecule has 2 rings (SSSR count). The number of fused-ring (bicyclic) bond motifs is 1. The van der Waals surface area contributed by atoms with Gasteiger partial charge in [0.05, 0.1) is 22.8 Å². The standard InChI is InChI=1S/C10H9N3/c1-7-9-4-3-8(6-11)5-10(9)13(2)12-7/h3-5H,1-2H3. The summed E-state index contributed by atoms with van der Waals surface area (Å²) in [6.07, 6.45) is 0. The molecule has 0 unspecified atom stereocenters. The van der Waals surface area contributed by atoms with Crippen LogP contribution < -0.4 is 0 Å². The third-order valence-electron chi connectivity index (χ3n) is 2.17. The Labute approximate surface area is 76.2 Å². The highest BCUT2D eigenvalue weighted by atomic mass is 15.3. The molecule has 0 radical (unpaired) electrons. The summed E-state index contributed by atoms with van der Waals surface area (Å²) in [5.74, 6) is 0. The Morgan fingerprint density at radius 3 is 2.92 bits per heavy atom. The van der Waals surface area contributed by atoms with Crippen LogP contribution in [0, 0.1) is 18.3 Å². The number of aryl methyl sites for hydroxylation is 2. The van der Waals surface area contributed by atoms with Crippen molar-refractivity contribution in [1.82, 2.24) is 9.78 Å². The van der Waals surface area contributed by atoms with Gasteiger partial charge in [-0.3, -0.25) is 4.68 Å². The fraction of sp³-hybridized carbons (Fsp3) is 0.200. The molecule has 0 bridgehead atoms. The van der Waals surface area contributed by atoms with Crippen LogP contribution in [0.5, 0.6) is 0 Å². The van der Waals surface area contributed by atoms with Crippen LogP contribution in [-0.2, 0) is 7.05 Å². The van der Waals surface area contributed by atoms with Crippen molar-refractivity contribution in [3.63, 3.8) is 0 Å². The van der Waals surface area contributed by atoms with Gasteiger partial charge in [-0.2, -0.15) is 10.4 Å². The summed E-state index contributed by atoms with van der Waals surface area (Å²) in [7, 11) is 1.89. The maximum atomic E-state index is 8.72. The van der Waals surface area contributed by atoms with Gasteiger partial charge >= 0.3 is 0 Å². The molecule has 0 atom stereocenters. The van der Waals surface area contributed by atoms with E-state index in [-0.39, 0.29) is 0 Å². The van der Waals surface area contributed by atoms with Gasteiger partial charge in [0.25, 0.3) is 0 Å². The molecule has 13 heavy (non-hydrogen) atoms. The lowest BCUT2D eigenvalue weighted by molar-refractivity contribution is 0.783. The van der Waals surface area contributed by atoms with Gasteiger partial charge in [-0.15, -0.1) is 0 Å². The maximum Gasteiger partial charge on any atom is 0.0992 e. The zero-order chi connectivity index (χ0) is 9.42. The first-order chi connectivity index (χ1) is 6.22. The van der Waals surface area contributed by atoms with Crippen LogP contribution in [0.15, 0.2) is 18.2 Å². The van der Waals surface area contributed by atoms with Crippen LogP contribution in [-0.4, -0.2) is 9.78 Å². The fourth-order valence-electron chi connectivity index (χ4n) is 1.51. The van der Waals surface area contributed by atoms with Gasteiger partial charge in [-0.1, -0.05) is 0 Å². The van der Waals surface area contributed by atoms with Crippen molar-refractivity contribution in [2.45, 2.75) is 6.92 Å². The summed E-state index contributed by atoms with van der Waals surface area (Å²) in [6.45, 7) is 1.97. The van der Waals surface area contributed by atoms with Crippen LogP contribution in [0.4, 0.5) is 0 Å². The minimum Gasteiger partial charge on any atom is -0.268 e. The van der Waals surface area contributed by atoms with Gasteiger partial charge in [0.2, 0.25) is 0 Å². The average Bonchev–Trinajstić information content (AvgIpc) is 2.42. The largest absolute Gasteiger partial charge is 0.268 e. The van der Waals surface area contributed by atoms with Gasteiger partial charge < -0.3 is 0 Å². The Balaban J connectivity index is 2.86. The zero-order valence-corrected chi connectivity index (χ0v) is 7.57. The van der Waals surface area contributed by atoms with E-state index in [9.17, 15) is 0 Å². The van der Waals surface area contributed by atoms with E-state index < -0.39 is 0 Å². The van der Waals surface area contributed by atoms with Crippen LogP contribution in [0.3, 0.4) is 0 Å². The van der Waals surface area contributed by atoms with Gasteiger partial charge in [-0.25, -0.2) is 0 Å². The first kappa shape index (κ1) is 7.81. The van der Waals surface area contributed by atoms with Crippen LogP contribution >= 0.6 is 0 Å². The molecule has 3 heteroatoms. The SMILES string of the molecule is Cc1nn(C)c2cc(C#N)ccc12. The molecule has 0 amide bonds. The number of benzene rings is 1. The van der Waals surface area contributed by atoms with Crippen molar-refractivity contribution in [2.24, 2.45) is 7.05 Å². The van der Waals surface area contributed by atoms with E-state index in [1.54, 1.807) is 4.68 Å². The molecule has 1 aromatic heterocycles. The number of nitriles is 1. The van der Waals surface area contributed by atoms with E-state index in [0.717, 1.165) is 16.6 Å². The summed E-state index contributed by atoms with van der Waals surface area (Å²) >= 11 is 0. The molecule has 0 spiro atoms. The Kier molecular flexibility index (Phi) is 1.56. The third kappa shape index (κ3) is 1.07. The minimum atomic E-state index is 0.676. The lowest BCUT2D eigenvalue weighted by Gasteiger charge is -1.93. The van der Waals surface area contributed by atoms with Crippen molar-refractivity contribution in [3.05, 3.63) is 29.5 Å². The fourth-order valence-corrected chi connectivity index (χ4v) is 1.51. The average molecular weight is 171 g/mol. The molecule has 0 fully saturated rings. The van der Waals surface area contributed by atoms with E-state index in [1.165, 1.54) is 0 Å². The highest BCUT2D eigenvalue weighted by Crippen LogP contribution is 2.18. The molecule has 3 nitrogen and oxygen atoms in total. The lowest BCUT2D eigenvalue weighted by Crippen LogP contribution is -1.89. The molecule has 0 aliphatic carbocycles. The smallest absolute Gasteiger partial charge is 0.0992 e. The number of hydrogen-bond donors (Lipinski definition) is 0. The number of rotatable bonds is 0. The Hall–Kier alpha value is -1.82. The lowest BCUT2D eigenvalue weighted by atomic mass is 10.1. The molecule has 0 N–H and O–H groups in total. The summed E-state index contributed by atoms with van der Waals surface area (Å²) in [4.78, 5) is 0. The second-order valence-electron chi connectivity index (χ2n) is 3.05. The van der Waals surface area contributed by atoms with Crippen LogP contribution in [0.2, 0.25) is 0 Å². The molecule has 1 heterocycles. The Morgan fingerprint density at radius 1 is 1.46 bits per heavy atom. The molecule has 64 valence electrons. The third-order valence-corrected chi connectivity index (χ3v) is 2.17. The molecule has 0 saturated heterocycles. The van der Waals surface area contributed by atoms with E-state index in [0.29, 0.717) is 5.56 Å². The first-order valence-corrected chi connectivity index (χ1v) is 4.06. The summed E-state index contributed by atoms with van der Waals surface area (Å²) < 4.78 is 1.80. The quantitative estimate of drug-likeness (QED) is 0.606. The van der Waals surface area contributed by atoms with Gasteiger partial charge in [0.1, 0.15) is 0 Å². The number of aromatic nitrogens is 2. The Bertz CT molecular complexity index is 503. The van der Waals surface area contributed by atoms with Crippen molar-refractivity contribution < 1.29 is 0 Å². The van der Waals surface area contributed by atoms with Gasteiger partial charge in [0.15, 0.2) is 0 Å². The van der Waals surface area contributed by atoms with Crippen molar-refractivity contribution in [1.29, 1.82) is 5.26 Å². The molecule has 0 aliphatic rings. The summed E-state index contributed by atoms with van der Waals surface area (Å²) in [5.41, 5.74) is 2.69. The molecular formula is C10H9N3. The summed E-state index contributed by atoms with van der Waals surface area (Å²) in [5, 5.41) is 14.1.